The molecule has 0 aliphatic carbocycles. The van der Waals surface area contributed by atoms with Gasteiger partial charge >= 0.3 is 6.03 Å². The van der Waals surface area contributed by atoms with Crippen LogP contribution in [0.25, 0.3) is 0 Å². The summed E-state index contributed by atoms with van der Waals surface area (Å²) in [4.78, 5) is 29.2. The van der Waals surface area contributed by atoms with Crippen molar-refractivity contribution < 1.29 is 18.7 Å². The van der Waals surface area contributed by atoms with Gasteiger partial charge in [-0.25, -0.2) is 4.79 Å². The lowest BCUT2D eigenvalue weighted by Crippen LogP contribution is -2.45. The van der Waals surface area contributed by atoms with Gasteiger partial charge in [-0.3, -0.25) is 9.69 Å². The number of nitrogens with one attached hydrogen (secondary N) is 1. The third-order valence-electron chi connectivity index (χ3n) is 5.80. The molecule has 0 radical (unpaired) electrons. The maximum Gasteiger partial charge on any atom is 0.322 e. The van der Waals surface area contributed by atoms with Gasteiger partial charge < -0.3 is 19.4 Å². The molecule has 2 aromatic carbocycles. The number of urea groups is 1. The predicted molar refractivity (Wildman–Crippen MR) is 117 cm³/mol. The van der Waals surface area contributed by atoms with Gasteiger partial charge in [0.2, 0.25) is 0 Å². The van der Waals surface area contributed by atoms with E-state index in [9.17, 15) is 9.59 Å². The fourth-order valence-electron chi connectivity index (χ4n) is 4.12. The summed E-state index contributed by atoms with van der Waals surface area (Å²) in [6.45, 7) is 1.15. The highest BCUT2D eigenvalue weighted by molar-refractivity contribution is 6.01. The van der Waals surface area contributed by atoms with Crippen LogP contribution >= 0.6 is 0 Å². The number of furan rings is 1. The molecular weight excluding hydrogens is 406 g/mol. The van der Waals surface area contributed by atoms with E-state index < -0.39 is 6.04 Å². The first-order valence-electron chi connectivity index (χ1n) is 10.5. The number of carbonyl (C=O) groups is 2. The van der Waals surface area contributed by atoms with Crippen molar-refractivity contribution in [3.8, 4) is 5.75 Å². The molecule has 0 bridgehead atoms. The molecule has 2 aliphatic heterocycles. The molecule has 5 rings (SSSR count). The second-order valence-corrected chi connectivity index (χ2v) is 7.89. The number of carbonyl (C=O) groups excluding carboxylic acids is 2. The molecule has 0 spiro atoms. The topological polar surface area (TPSA) is 75.0 Å². The van der Waals surface area contributed by atoms with Crippen molar-refractivity contribution in [3.63, 3.8) is 0 Å². The fraction of sp³-hybridized carbons (Fsp3) is 0.200. The standard InChI is InChI=1S/C25H23N3O4/c1-27-21-15-28(14-20-11-6-12-31-20)24(29)22(21)23(26-25(27)30)18-9-5-10-19(13-18)32-16-17-7-3-2-4-8-17/h2-13,23H,14-16H2,1H3,(H,26,30)/t23-/m0/s1. The minimum absolute atomic E-state index is 0.108. The molecular formula is C25H23N3O4. The summed E-state index contributed by atoms with van der Waals surface area (Å²) in [5.74, 6) is 1.27. The quantitative estimate of drug-likeness (QED) is 0.646. The van der Waals surface area contributed by atoms with Crippen LogP contribution in [-0.2, 0) is 17.9 Å². The molecule has 162 valence electrons. The summed E-state index contributed by atoms with van der Waals surface area (Å²) < 4.78 is 11.4. The molecule has 0 unspecified atom stereocenters. The highest BCUT2D eigenvalue weighted by atomic mass is 16.5. The summed E-state index contributed by atoms with van der Waals surface area (Å²) in [5, 5.41) is 2.97. The van der Waals surface area contributed by atoms with E-state index in [0.717, 1.165) is 11.1 Å². The number of rotatable bonds is 6. The van der Waals surface area contributed by atoms with Crippen LogP contribution < -0.4 is 10.1 Å². The fourth-order valence-corrected chi connectivity index (χ4v) is 4.12. The second kappa shape index (κ2) is 8.26. The lowest BCUT2D eigenvalue weighted by molar-refractivity contribution is -0.126. The smallest absolute Gasteiger partial charge is 0.322 e. The third-order valence-corrected chi connectivity index (χ3v) is 5.80. The zero-order valence-corrected chi connectivity index (χ0v) is 17.7. The van der Waals surface area contributed by atoms with Gasteiger partial charge in [0.25, 0.3) is 5.91 Å². The van der Waals surface area contributed by atoms with Gasteiger partial charge in [-0.15, -0.1) is 0 Å². The molecule has 3 aromatic rings. The Morgan fingerprint density at radius 1 is 1.06 bits per heavy atom. The van der Waals surface area contributed by atoms with Gasteiger partial charge in [-0.05, 0) is 35.4 Å². The van der Waals surface area contributed by atoms with Gasteiger partial charge in [-0.2, -0.15) is 0 Å². The Morgan fingerprint density at radius 3 is 2.69 bits per heavy atom. The van der Waals surface area contributed by atoms with Gasteiger partial charge in [0.1, 0.15) is 18.1 Å². The van der Waals surface area contributed by atoms with E-state index in [0.29, 0.717) is 42.5 Å². The lowest BCUT2D eigenvalue weighted by Gasteiger charge is -2.31. The summed E-state index contributed by atoms with van der Waals surface area (Å²) in [5.41, 5.74) is 3.16. The van der Waals surface area contributed by atoms with E-state index in [1.54, 1.807) is 24.3 Å². The second-order valence-electron chi connectivity index (χ2n) is 7.89. The minimum Gasteiger partial charge on any atom is -0.489 e. The first kappa shape index (κ1) is 19.9. The number of likely N-dealkylation sites (N-methyl/N-ethyl adjacent to an activating group) is 1. The van der Waals surface area contributed by atoms with E-state index in [1.807, 2.05) is 60.7 Å². The summed E-state index contributed by atoms with van der Waals surface area (Å²) in [6.07, 6.45) is 1.59. The summed E-state index contributed by atoms with van der Waals surface area (Å²) in [7, 11) is 1.68. The van der Waals surface area contributed by atoms with Gasteiger partial charge in [0.05, 0.1) is 36.7 Å². The molecule has 0 fully saturated rings. The van der Waals surface area contributed by atoms with Gasteiger partial charge in [0, 0.05) is 7.05 Å². The first-order valence-corrected chi connectivity index (χ1v) is 10.5. The number of hydrogen-bond donors (Lipinski definition) is 1. The SMILES string of the molecule is CN1C(=O)N[C@@H](c2cccc(OCc3ccccc3)c2)C2=C1CN(Cc1ccco1)C2=O. The zero-order chi connectivity index (χ0) is 22.1. The number of ether oxygens (including phenoxy) is 1. The normalized spacial score (nSPS) is 18.1. The maximum atomic E-state index is 13.3. The average molecular weight is 429 g/mol. The molecule has 0 saturated carbocycles. The van der Waals surface area contributed by atoms with Crippen molar-refractivity contribution in [3.05, 3.63) is 101 Å². The van der Waals surface area contributed by atoms with E-state index in [-0.39, 0.29) is 11.9 Å². The zero-order valence-electron chi connectivity index (χ0n) is 17.7. The molecule has 1 atom stereocenters. The van der Waals surface area contributed by atoms with Crippen molar-refractivity contribution in [1.82, 2.24) is 15.1 Å². The van der Waals surface area contributed by atoms with Crippen molar-refractivity contribution in [1.29, 1.82) is 0 Å². The Labute approximate surface area is 185 Å². The Hall–Kier alpha value is -4.00. The average Bonchev–Trinajstić information content (AvgIpc) is 3.44. The van der Waals surface area contributed by atoms with Crippen LogP contribution in [0.2, 0.25) is 0 Å². The Bertz CT molecular complexity index is 1170. The predicted octanol–water partition coefficient (Wildman–Crippen LogP) is 3.85. The summed E-state index contributed by atoms with van der Waals surface area (Å²) >= 11 is 0. The highest BCUT2D eigenvalue weighted by Crippen LogP contribution is 2.37. The Balaban J connectivity index is 1.40. The number of hydrogen-bond acceptors (Lipinski definition) is 4. The van der Waals surface area contributed by atoms with Gasteiger partial charge in [-0.1, -0.05) is 42.5 Å². The summed E-state index contributed by atoms with van der Waals surface area (Å²) in [6, 6.07) is 20.3. The van der Waals surface area contributed by atoms with Crippen molar-refractivity contribution in [2.45, 2.75) is 19.2 Å². The van der Waals surface area contributed by atoms with E-state index in [2.05, 4.69) is 5.32 Å². The van der Waals surface area contributed by atoms with Crippen LogP contribution in [0, 0.1) is 0 Å². The molecule has 32 heavy (non-hydrogen) atoms. The van der Waals surface area contributed by atoms with Gasteiger partial charge in [0.15, 0.2) is 0 Å². The molecule has 0 saturated heterocycles. The van der Waals surface area contributed by atoms with E-state index in [1.165, 1.54) is 4.90 Å². The van der Waals surface area contributed by atoms with Crippen LogP contribution in [0.3, 0.4) is 0 Å². The molecule has 1 N–H and O–H groups in total. The maximum absolute atomic E-state index is 13.3. The van der Waals surface area contributed by atoms with E-state index >= 15 is 0 Å². The highest BCUT2D eigenvalue weighted by Gasteiger charge is 2.43. The van der Waals surface area contributed by atoms with Crippen LogP contribution in [0.4, 0.5) is 4.79 Å². The molecule has 2 aliphatic rings. The molecule has 1 aromatic heterocycles. The van der Waals surface area contributed by atoms with E-state index in [4.69, 9.17) is 9.15 Å². The third kappa shape index (κ3) is 3.73. The first-order chi connectivity index (χ1) is 15.6. The van der Waals surface area contributed by atoms with Crippen LogP contribution in [0.5, 0.6) is 5.75 Å². The van der Waals surface area contributed by atoms with Crippen molar-refractivity contribution in [2.75, 3.05) is 13.6 Å². The monoisotopic (exact) mass is 429 g/mol. The Kier molecular flexibility index (Phi) is 5.15. The number of benzene rings is 2. The minimum atomic E-state index is -0.539. The van der Waals surface area contributed by atoms with Crippen LogP contribution in [0.15, 0.2) is 88.7 Å². The molecule has 3 heterocycles. The number of amides is 3. The largest absolute Gasteiger partial charge is 0.489 e. The Morgan fingerprint density at radius 2 is 1.91 bits per heavy atom. The van der Waals surface area contributed by atoms with Crippen molar-refractivity contribution in [2.24, 2.45) is 0 Å². The lowest BCUT2D eigenvalue weighted by atomic mass is 9.95. The molecule has 7 heteroatoms. The van der Waals surface area contributed by atoms with Crippen molar-refractivity contribution >= 4 is 11.9 Å². The molecule has 7 nitrogen and oxygen atoms in total. The van der Waals surface area contributed by atoms with Crippen LogP contribution in [0.1, 0.15) is 22.9 Å². The molecule has 3 amide bonds. The number of nitrogens with zero attached hydrogens (tertiary/aromatic N) is 2. The van der Waals surface area contributed by atoms with Crippen LogP contribution in [-0.4, -0.2) is 35.3 Å².